The third-order valence-electron chi connectivity index (χ3n) is 6.15. The standard InChI is InChI=1S/C26H27N3O3/c1-17-7-9-23(18(2)15-17)31-16-20-8-10-24(32-20)26(30)29-13-11-19(12-14-29)25-27-21-5-3-4-6-22(21)28-25/h3-10,15,19H,11-14,16H2,1-2H3,(H,27,28). The molecule has 0 radical (unpaired) electrons. The molecule has 0 spiro atoms. The lowest BCUT2D eigenvalue weighted by Crippen LogP contribution is -2.37. The molecule has 1 aliphatic heterocycles. The number of carbonyl (C=O) groups excluding carboxylic acids is 1. The predicted molar refractivity (Wildman–Crippen MR) is 123 cm³/mol. The Morgan fingerprint density at radius 3 is 2.72 bits per heavy atom. The lowest BCUT2D eigenvalue weighted by atomic mass is 9.96. The van der Waals surface area contributed by atoms with Crippen LogP contribution >= 0.6 is 0 Å². The fourth-order valence-electron chi connectivity index (χ4n) is 4.36. The number of H-pyrrole nitrogens is 1. The average Bonchev–Trinajstić information content (AvgIpc) is 3.45. The summed E-state index contributed by atoms with van der Waals surface area (Å²) in [7, 11) is 0. The largest absolute Gasteiger partial charge is 0.485 e. The van der Waals surface area contributed by atoms with Crippen molar-refractivity contribution in [1.29, 1.82) is 0 Å². The molecule has 0 aliphatic carbocycles. The fourth-order valence-corrected chi connectivity index (χ4v) is 4.36. The number of hydrogen-bond acceptors (Lipinski definition) is 4. The summed E-state index contributed by atoms with van der Waals surface area (Å²) in [5, 5.41) is 0. The summed E-state index contributed by atoms with van der Waals surface area (Å²) in [5.41, 5.74) is 4.34. The number of furan rings is 1. The summed E-state index contributed by atoms with van der Waals surface area (Å²) >= 11 is 0. The zero-order valence-corrected chi connectivity index (χ0v) is 18.4. The van der Waals surface area contributed by atoms with Gasteiger partial charge in [-0.2, -0.15) is 0 Å². The third kappa shape index (κ3) is 4.13. The first-order chi connectivity index (χ1) is 15.6. The van der Waals surface area contributed by atoms with Gasteiger partial charge in [-0.3, -0.25) is 4.79 Å². The lowest BCUT2D eigenvalue weighted by molar-refractivity contribution is 0.0675. The highest BCUT2D eigenvalue weighted by Gasteiger charge is 2.27. The highest BCUT2D eigenvalue weighted by molar-refractivity contribution is 5.91. The number of amides is 1. The summed E-state index contributed by atoms with van der Waals surface area (Å²) in [4.78, 5) is 23.0. The number of nitrogens with one attached hydrogen (secondary N) is 1. The number of fused-ring (bicyclic) bond motifs is 1. The van der Waals surface area contributed by atoms with Crippen LogP contribution in [0.15, 0.2) is 59.0 Å². The van der Waals surface area contributed by atoms with Crippen LogP contribution < -0.4 is 4.74 Å². The Hall–Kier alpha value is -3.54. The second-order valence-electron chi connectivity index (χ2n) is 8.53. The zero-order valence-electron chi connectivity index (χ0n) is 18.4. The summed E-state index contributed by atoms with van der Waals surface area (Å²) in [6.07, 6.45) is 1.77. The van der Waals surface area contributed by atoms with Crippen molar-refractivity contribution in [2.45, 2.75) is 39.2 Å². The van der Waals surface area contributed by atoms with Crippen molar-refractivity contribution in [1.82, 2.24) is 14.9 Å². The molecule has 3 heterocycles. The van der Waals surface area contributed by atoms with Crippen LogP contribution in [-0.4, -0.2) is 33.9 Å². The van der Waals surface area contributed by atoms with Gasteiger partial charge in [-0.1, -0.05) is 29.8 Å². The van der Waals surface area contributed by atoms with Crippen molar-refractivity contribution in [3.05, 3.63) is 83.1 Å². The van der Waals surface area contributed by atoms with Crippen LogP contribution in [0.25, 0.3) is 11.0 Å². The maximum Gasteiger partial charge on any atom is 0.289 e. The summed E-state index contributed by atoms with van der Waals surface area (Å²) in [6.45, 7) is 5.76. The number of imidazole rings is 1. The number of hydrogen-bond donors (Lipinski definition) is 1. The van der Waals surface area contributed by atoms with Gasteiger partial charge in [0.25, 0.3) is 5.91 Å². The Labute approximate surface area is 187 Å². The summed E-state index contributed by atoms with van der Waals surface area (Å²) < 4.78 is 11.7. The van der Waals surface area contributed by atoms with E-state index in [2.05, 4.69) is 18.0 Å². The first kappa shape index (κ1) is 20.4. The predicted octanol–water partition coefficient (Wildman–Crippen LogP) is 5.37. The second kappa shape index (κ2) is 8.54. The van der Waals surface area contributed by atoms with E-state index >= 15 is 0 Å². The number of nitrogens with zero attached hydrogens (tertiary/aromatic N) is 2. The van der Waals surface area contributed by atoms with E-state index in [9.17, 15) is 4.79 Å². The minimum atomic E-state index is -0.0641. The van der Waals surface area contributed by atoms with Crippen molar-refractivity contribution < 1.29 is 13.9 Å². The number of carbonyl (C=O) groups is 1. The molecule has 6 heteroatoms. The minimum Gasteiger partial charge on any atom is -0.485 e. The van der Waals surface area contributed by atoms with Crippen molar-refractivity contribution >= 4 is 16.9 Å². The van der Waals surface area contributed by atoms with Gasteiger partial charge in [0, 0.05) is 19.0 Å². The molecule has 0 unspecified atom stereocenters. The Kier molecular flexibility index (Phi) is 5.43. The molecule has 1 fully saturated rings. The number of rotatable bonds is 5. The Morgan fingerprint density at radius 1 is 1.12 bits per heavy atom. The van der Waals surface area contributed by atoms with Crippen molar-refractivity contribution in [2.24, 2.45) is 0 Å². The molecule has 2 aromatic carbocycles. The van der Waals surface area contributed by atoms with E-state index in [0.717, 1.165) is 41.0 Å². The normalized spacial score (nSPS) is 14.8. The summed E-state index contributed by atoms with van der Waals surface area (Å²) in [5.74, 6) is 3.13. The third-order valence-corrected chi connectivity index (χ3v) is 6.15. The molecule has 0 bridgehead atoms. The molecule has 32 heavy (non-hydrogen) atoms. The van der Waals surface area contributed by atoms with Crippen molar-refractivity contribution in [3.63, 3.8) is 0 Å². The number of aryl methyl sites for hydroxylation is 2. The van der Waals surface area contributed by atoms with Crippen LogP contribution in [0.2, 0.25) is 0 Å². The lowest BCUT2D eigenvalue weighted by Gasteiger charge is -2.30. The SMILES string of the molecule is Cc1ccc(OCc2ccc(C(=O)N3CCC(c4nc5ccccc5[nH]4)CC3)o2)c(C)c1. The molecule has 1 N–H and O–H groups in total. The monoisotopic (exact) mass is 429 g/mol. The van der Waals surface area contributed by atoms with Crippen LogP contribution in [0.5, 0.6) is 5.75 Å². The van der Waals surface area contributed by atoms with Gasteiger partial charge in [0.15, 0.2) is 5.76 Å². The van der Waals surface area contributed by atoms with Gasteiger partial charge in [0.2, 0.25) is 0 Å². The Bertz CT molecular complexity index is 1220. The van der Waals surface area contributed by atoms with Gasteiger partial charge in [-0.05, 0) is 62.6 Å². The van der Waals surface area contributed by atoms with Gasteiger partial charge >= 0.3 is 0 Å². The van der Waals surface area contributed by atoms with E-state index in [1.807, 2.05) is 54.3 Å². The molecule has 164 valence electrons. The number of aromatic amines is 1. The van der Waals surface area contributed by atoms with Crippen LogP contribution in [-0.2, 0) is 6.61 Å². The number of para-hydroxylation sites is 2. The number of piperidine rings is 1. The molecule has 1 aliphatic rings. The van der Waals surface area contributed by atoms with Crippen molar-refractivity contribution in [3.8, 4) is 5.75 Å². The number of ether oxygens (including phenoxy) is 1. The first-order valence-corrected chi connectivity index (χ1v) is 11.1. The molecule has 2 aromatic heterocycles. The molecule has 1 saturated heterocycles. The quantitative estimate of drug-likeness (QED) is 0.463. The zero-order chi connectivity index (χ0) is 22.1. The van der Waals surface area contributed by atoms with E-state index in [-0.39, 0.29) is 5.91 Å². The van der Waals surface area contributed by atoms with E-state index in [4.69, 9.17) is 14.1 Å². The average molecular weight is 430 g/mol. The van der Waals surface area contributed by atoms with Gasteiger partial charge in [-0.25, -0.2) is 4.98 Å². The molecule has 1 amide bonds. The highest BCUT2D eigenvalue weighted by Crippen LogP contribution is 2.29. The Balaban J connectivity index is 1.18. The van der Waals surface area contributed by atoms with Crippen LogP contribution in [0, 0.1) is 13.8 Å². The molecular weight excluding hydrogens is 402 g/mol. The molecular formula is C26H27N3O3. The van der Waals surface area contributed by atoms with Gasteiger partial charge < -0.3 is 19.0 Å². The maximum atomic E-state index is 12.9. The Morgan fingerprint density at radius 2 is 1.94 bits per heavy atom. The smallest absolute Gasteiger partial charge is 0.289 e. The van der Waals surface area contributed by atoms with Crippen LogP contribution in [0.3, 0.4) is 0 Å². The van der Waals surface area contributed by atoms with E-state index in [1.54, 1.807) is 6.07 Å². The minimum absolute atomic E-state index is 0.0641. The van der Waals surface area contributed by atoms with E-state index < -0.39 is 0 Å². The number of aromatic nitrogens is 2. The second-order valence-corrected chi connectivity index (χ2v) is 8.53. The maximum absolute atomic E-state index is 12.9. The van der Waals surface area contributed by atoms with Gasteiger partial charge in [0.1, 0.15) is 23.9 Å². The first-order valence-electron chi connectivity index (χ1n) is 11.1. The molecule has 0 atom stereocenters. The summed E-state index contributed by atoms with van der Waals surface area (Å²) in [6, 6.07) is 17.7. The topological polar surface area (TPSA) is 71.4 Å². The van der Waals surface area contributed by atoms with Crippen LogP contribution in [0.1, 0.15) is 52.0 Å². The van der Waals surface area contributed by atoms with Crippen molar-refractivity contribution in [2.75, 3.05) is 13.1 Å². The highest BCUT2D eigenvalue weighted by atomic mass is 16.5. The number of likely N-dealkylation sites (tertiary alicyclic amines) is 1. The molecule has 5 rings (SSSR count). The molecule has 6 nitrogen and oxygen atoms in total. The molecule has 4 aromatic rings. The van der Waals surface area contributed by atoms with Gasteiger partial charge in [0.05, 0.1) is 11.0 Å². The van der Waals surface area contributed by atoms with Gasteiger partial charge in [-0.15, -0.1) is 0 Å². The fraction of sp³-hybridized carbons (Fsp3) is 0.308. The molecule has 0 saturated carbocycles. The van der Waals surface area contributed by atoms with E-state index in [0.29, 0.717) is 37.1 Å². The van der Waals surface area contributed by atoms with Crippen LogP contribution in [0.4, 0.5) is 0 Å². The number of benzene rings is 2. The van der Waals surface area contributed by atoms with E-state index in [1.165, 1.54) is 5.56 Å².